The number of nitrogens with one attached hydrogen (secondary N) is 2. The van der Waals surface area contributed by atoms with Crippen LogP contribution < -0.4 is 10.6 Å². The van der Waals surface area contributed by atoms with Gasteiger partial charge in [0.2, 0.25) is 0 Å². The van der Waals surface area contributed by atoms with E-state index in [0.717, 1.165) is 11.6 Å². The minimum absolute atomic E-state index is 0.00535. The zero-order valence-corrected chi connectivity index (χ0v) is 18.3. The lowest BCUT2D eigenvalue weighted by Crippen LogP contribution is -2.35. The number of rotatable bonds is 3. The number of anilines is 2. The van der Waals surface area contributed by atoms with Gasteiger partial charge in [-0.2, -0.15) is 0 Å². The Kier molecular flexibility index (Phi) is 4.72. The highest BCUT2D eigenvalue weighted by Crippen LogP contribution is 2.63. The molecule has 3 aromatic rings. The molecular formula is C27H24ClFN2O. The molecule has 1 amide bonds. The van der Waals surface area contributed by atoms with E-state index in [0.29, 0.717) is 35.0 Å². The lowest BCUT2D eigenvalue weighted by atomic mass is 9.68. The van der Waals surface area contributed by atoms with Crippen molar-refractivity contribution in [2.75, 3.05) is 10.6 Å². The Morgan fingerprint density at radius 1 is 1.00 bits per heavy atom. The standard InChI is InChI=1S/C27H24ClFN2O/c28-21-14-19(9-10-22(21)29)30-27(32)18-8-11-23-20(13-18)24-16-6-7-17(12-16)25(24)26(31-23)15-4-2-1-3-5-15/h1-5,8-11,13-14,16-17,24-26,31H,6-7,12H2,(H,30,32)/t16-,17-,24-,25+,26+/m0/s1. The summed E-state index contributed by atoms with van der Waals surface area (Å²) in [6, 6.07) is 21.2. The van der Waals surface area contributed by atoms with Crippen molar-refractivity contribution < 1.29 is 9.18 Å². The molecule has 6 rings (SSSR count). The van der Waals surface area contributed by atoms with Gasteiger partial charge in [0.25, 0.3) is 5.91 Å². The van der Waals surface area contributed by atoms with E-state index in [9.17, 15) is 9.18 Å². The Labute approximate surface area is 192 Å². The van der Waals surface area contributed by atoms with E-state index in [1.54, 1.807) is 0 Å². The van der Waals surface area contributed by atoms with Gasteiger partial charge in [0, 0.05) is 16.9 Å². The molecule has 5 heteroatoms. The first-order valence-corrected chi connectivity index (χ1v) is 11.7. The Morgan fingerprint density at radius 2 is 1.81 bits per heavy atom. The number of amides is 1. The van der Waals surface area contributed by atoms with Gasteiger partial charge in [-0.25, -0.2) is 4.39 Å². The molecule has 0 saturated heterocycles. The van der Waals surface area contributed by atoms with Crippen LogP contribution in [0.5, 0.6) is 0 Å². The van der Waals surface area contributed by atoms with Crippen molar-refractivity contribution in [1.29, 1.82) is 0 Å². The molecule has 162 valence electrons. The van der Waals surface area contributed by atoms with Crippen LogP contribution in [0.3, 0.4) is 0 Å². The minimum atomic E-state index is -0.500. The highest BCUT2D eigenvalue weighted by atomic mass is 35.5. The molecule has 3 aliphatic rings. The Bertz CT molecular complexity index is 1200. The summed E-state index contributed by atoms with van der Waals surface area (Å²) in [5, 5.41) is 6.65. The number of carbonyl (C=O) groups is 1. The first-order chi connectivity index (χ1) is 15.6. The van der Waals surface area contributed by atoms with Gasteiger partial charge in [-0.3, -0.25) is 4.79 Å². The summed E-state index contributed by atoms with van der Waals surface area (Å²) in [6.07, 6.45) is 3.86. The number of fused-ring (bicyclic) bond motifs is 7. The van der Waals surface area contributed by atoms with Gasteiger partial charge in [-0.15, -0.1) is 0 Å². The molecule has 3 nitrogen and oxygen atoms in total. The maximum atomic E-state index is 13.4. The number of halogens is 2. The van der Waals surface area contributed by atoms with Crippen molar-refractivity contribution in [3.8, 4) is 0 Å². The molecule has 32 heavy (non-hydrogen) atoms. The average Bonchev–Trinajstić information content (AvgIpc) is 3.44. The van der Waals surface area contributed by atoms with Crippen molar-refractivity contribution in [1.82, 2.24) is 0 Å². The topological polar surface area (TPSA) is 41.1 Å². The van der Waals surface area contributed by atoms with Gasteiger partial charge in [0.15, 0.2) is 0 Å². The van der Waals surface area contributed by atoms with Crippen LogP contribution >= 0.6 is 11.6 Å². The first kappa shape index (κ1) is 19.8. The third-order valence-electron chi connectivity index (χ3n) is 7.69. The molecule has 2 fully saturated rings. The lowest BCUT2D eigenvalue weighted by molar-refractivity contribution is 0.102. The molecule has 3 aromatic carbocycles. The van der Waals surface area contributed by atoms with Crippen LogP contribution in [0.1, 0.15) is 52.7 Å². The molecule has 0 unspecified atom stereocenters. The monoisotopic (exact) mass is 446 g/mol. The van der Waals surface area contributed by atoms with Gasteiger partial charge in [0.05, 0.1) is 11.1 Å². The molecule has 1 aliphatic heterocycles. The van der Waals surface area contributed by atoms with E-state index in [4.69, 9.17) is 11.6 Å². The molecule has 2 N–H and O–H groups in total. The summed E-state index contributed by atoms with van der Waals surface area (Å²) in [5.41, 5.74) is 4.84. The molecule has 2 aliphatic carbocycles. The molecule has 0 spiro atoms. The van der Waals surface area contributed by atoms with Crippen LogP contribution in [0.25, 0.3) is 0 Å². The van der Waals surface area contributed by atoms with Crippen LogP contribution in [0.15, 0.2) is 66.7 Å². The summed E-state index contributed by atoms with van der Waals surface area (Å²) >= 11 is 5.86. The Balaban J connectivity index is 1.34. The Hall–Kier alpha value is -2.85. The molecule has 0 aromatic heterocycles. The van der Waals surface area contributed by atoms with E-state index in [-0.39, 0.29) is 10.9 Å². The van der Waals surface area contributed by atoms with Crippen molar-refractivity contribution in [3.05, 3.63) is 94.3 Å². The Morgan fingerprint density at radius 3 is 2.62 bits per heavy atom. The minimum Gasteiger partial charge on any atom is -0.378 e. The average molecular weight is 447 g/mol. The number of benzene rings is 3. The van der Waals surface area contributed by atoms with Gasteiger partial charge >= 0.3 is 0 Å². The largest absolute Gasteiger partial charge is 0.378 e. The molecule has 2 saturated carbocycles. The van der Waals surface area contributed by atoms with E-state index in [2.05, 4.69) is 47.0 Å². The fourth-order valence-corrected chi connectivity index (χ4v) is 6.58. The number of carbonyl (C=O) groups excluding carboxylic acids is 1. The van der Waals surface area contributed by atoms with Crippen molar-refractivity contribution in [2.24, 2.45) is 17.8 Å². The van der Waals surface area contributed by atoms with Crippen molar-refractivity contribution in [2.45, 2.75) is 31.2 Å². The SMILES string of the molecule is O=C(Nc1ccc(F)c(Cl)c1)c1ccc2c(c1)[C@@H]1[C@H]3CC[C@@H](C3)[C@H]1[C@@H](c1ccccc1)N2. The van der Waals surface area contributed by atoms with E-state index >= 15 is 0 Å². The highest BCUT2D eigenvalue weighted by Gasteiger charge is 2.53. The van der Waals surface area contributed by atoms with Gasteiger partial charge in [0.1, 0.15) is 5.82 Å². The normalized spacial score (nSPS) is 27.4. The third kappa shape index (κ3) is 3.20. The fourth-order valence-electron chi connectivity index (χ4n) is 6.39. The van der Waals surface area contributed by atoms with E-state index in [1.165, 1.54) is 48.6 Å². The second-order valence-corrected chi connectivity index (χ2v) is 9.76. The summed E-state index contributed by atoms with van der Waals surface area (Å²) in [6.45, 7) is 0. The predicted molar refractivity (Wildman–Crippen MR) is 126 cm³/mol. The van der Waals surface area contributed by atoms with Crippen LogP contribution in [0, 0.1) is 23.6 Å². The van der Waals surface area contributed by atoms with Crippen LogP contribution in [-0.2, 0) is 0 Å². The second kappa shape index (κ2) is 7.63. The maximum Gasteiger partial charge on any atom is 0.255 e. The van der Waals surface area contributed by atoms with Crippen LogP contribution in [-0.4, -0.2) is 5.91 Å². The van der Waals surface area contributed by atoms with Crippen LogP contribution in [0.4, 0.5) is 15.8 Å². The molecular weight excluding hydrogens is 423 g/mol. The third-order valence-corrected chi connectivity index (χ3v) is 7.98. The highest BCUT2D eigenvalue weighted by molar-refractivity contribution is 6.31. The smallest absolute Gasteiger partial charge is 0.255 e. The summed E-state index contributed by atoms with van der Waals surface area (Å²) in [4.78, 5) is 13.0. The molecule has 5 atom stereocenters. The second-order valence-electron chi connectivity index (χ2n) is 9.35. The molecule has 2 bridgehead atoms. The van der Waals surface area contributed by atoms with E-state index in [1.807, 2.05) is 12.1 Å². The first-order valence-electron chi connectivity index (χ1n) is 11.3. The fraction of sp³-hybridized carbons (Fsp3) is 0.296. The lowest BCUT2D eigenvalue weighted by Gasteiger charge is -2.43. The molecule has 0 radical (unpaired) electrons. The van der Waals surface area contributed by atoms with Crippen LogP contribution in [0.2, 0.25) is 5.02 Å². The predicted octanol–water partition coefficient (Wildman–Crippen LogP) is 7.03. The summed E-state index contributed by atoms with van der Waals surface area (Å²) in [5.74, 6) is 1.74. The van der Waals surface area contributed by atoms with E-state index < -0.39 is 5.82 Å². The van der Waals surface area contributed by atoms with Gasteiger partial charge < -0.3 is 10.6 Å². The number of hydrogen-bond donors (Lipinski definition) is 2. The quantitative estimate of drug-likeness (QED) is 0.453. The summed E-state index contributed by atoms with van der Waals surface area (Å²) < 4.78 is 13.4. The number of hydrogen-bond acceptors (Lipinski definition) is 2. The maximum absolute atomic E-state index is 13.4. The zero-order chi connectivity index (χ0) is 21.8. The molecule has 1 heterocycles. The van der Waals surface area contributed by atoms with Crippen molar-refractivity contribution >= 4 is 28.9 Å². The van der Waals surface area contributed by atoms with Crippen molar-refractivity contribution in [3.63, 3.8) is 0 Å². The zero-order valence-electron chi connectivity index (χ0n) is 17.5. The summed E-state index contributed by atoms with van der Waals surface area (Å²) in [7, 11) is 0. The van der Waals surface area contributed by atoms with Gasteiger partial charge in [-0.05, 0) is 90.5 Å². The van der Waals surface area contributed by atoms with Gasteiger partial charge in [-0.1, -0.05) is 41.9 Å².